The van der Waals surface area contributed by atoms with E-state index in [-0.39, 0.29) is 5.75 Å². The molecule has 1 aromatic heterocycles. The van der Waals surface area contributed by atoms with Gasteiger partial charge in [0, 0.05) is 22.0 Å². The molecular formula is C15H12ClNO2. The van der Waals surface area contributed by atoms with Gasteiger partial charge in [0.1, 0.15) is 18.1 Å². The van der Waals surface area contributed by atoms with Gasteiger partial charge in [0.2, 0.25) is 0 Å². The topological polar surface area (TPSA) is 45.2 Å². The lowest BCUT2D eigenvalue weighted by Gasteiger charge is -2.04. The lowest BCUT2D eigenvalue weighted by molar-refractivity contribution is 0.302. The Morgan fingerprint density at radius 3 is 2.84 bits per heavy atom. The fraction of sp³-hybridized carbons (Fsp3) is 0.0667. The van der Waals surface area contributed by atoms with E-state index in [0.29, 0.717) is 11.6 Å². The summed E-state index contributed by atoms with van der Waals surface area (Å²) in [6, 6.07) is 14.5. The summed E-state index contributed by atoms with van der Waals surface area (Å²) >= 11 is 5.89. The number of H-pyrrole nitrogens is 1. The zero-order valence-electron chi connectivity index (χ0n) is 10.1. The molecule has 96 valence electrons. The van der Waals surface area contributed by atoms with E-state index in [1.54, 1.807) is 24.3 Å². The van der Waals surface area contributed by atoms with Gasteiger partial charge in [0.25, 0.3) is 0 Å². The van der Waals surface area contributed by atoms with Gasteiger partial charge in [0.05, 0.1) is 5.69 Å². The van der Waals surface area contributed by atoms with Crippen molar-refractivity contribution in [2.24, 2.45) is 0 Å². The molecule has 0 unspecified atom stereocenters. The highest BCUT2D eigenvalue weighted by molar-refractivity contribution is 6.30. The Morgan fingerprint density at radius 1 is 1.11 bits per heavy atom. The number of ether oxygens (including phenoxy) is 1. The Balaban J connectivity index is 1.78. The lowest BCUT2D eigenvalue weighted by atomic mass is 10.2. The van der Waals surface area contributed by atoms with E-state index in [2.05, 4.69) is 4.98 Å². The minimum absolute atomic E-state index is 0.247. The van der Waals surface area contributed by atoms with Crippen LogP contribution in [-0.2, 0) is 6.61 Å². The summed E-state index contributed by atoms with van der Waals surface area (Å²) < 4.78 is 5.65. The molecule has 0 saturated carbocycles. The van der Waals surface area contributed by atoms with E-state index < -0.39 is 0 Å². The van der Waals surface area contributed by atoms with Gasteiger partial charge in [0.15, 0.2) is 0 Å². The number of phenols is 1. The van der Waals surface area contributed by atoms with Crippen LogP contribution < -0.4 is 4.74 Å². The number of aromatic hydroxyl groups is 1. The molecule has 1 heterocycles. The highest BCUT2D eigenvalue weighted by Crippen LogP contribution is 2.22. The minimum Gasteiger partial charge on any atom is -0.508 e. The summed E-state index contributed by atoms with van der Waals surface area (Å²) in [7, 11) is 0. The second-order valence-electron chi connectivity index (χ2n) is 4.31. The average Bonchev–Trinajstić information content (AvgIpc) is 2.78. The molecule has 3 nitrogen and oxygen atoms in total. The van der Waals surface area contributed by atoms with E-state index in [1.807, 2.05) is 24.3 Å². The molecule has 0 amide bonds. The van der Waals surface area contributed by atoms with Crippen molar-refractivity contribution in [2.75, 3.05) is 0 Å². The SMILES string of the molecule is Oc1ccc2cc(COc3cccc(Cl)c3)[nH]c2c1. The first kappa shape index (κ1) is 11.9. The number of halogens is 1. The number of aromatic nitrogens is 1. The second kappa shape index (κ2) is 4.86. The van der Waals surface area contributed by atoms with Crippen LogP contribution >= 0.6 is 11.6 Å². The maximum absolute atomic E-state index is 9.41. The third-order valence-electron chi connectivity index (χ3n) is 2.85. The van der Waals surface area contributed by atoms with Gasteiger partial charge < -0.3 is 14.8 Å². The summed E-state index contributed by atoms with van der Waals surface area (Å²) in [5.41, 5.74) is 1.84. The van der Waals surface area contributed by atoms with E-state index >= 15 is 0 Å². The first-order valence-electron chi connectivity index (χ1n) is 5.90. The molecule has 0 aliphatic carbocycles. The molecule has 0 aliphatic rings. The first-order valence-corrected chi connectivity index (χ1v) is 6.27. The van der Waals surface area contributed by atoms with Crippen molar-refractivity contribution in [2.45, 2.75) is 6.61 Å². The molecule has 19 heavy (non-hydrogen) atoms. The molecule has 0 radical (unpaired) electrons. The van der Waals surface area contributed by atoms with Crippen LogP contribution in [-0.4, -0.2) is 10.1 Å². The van der Waals surface area contributed by atoms with E-state index in [4.69, 9.17) is 16.3 Å². The van der Waals surface area contributed by atoms with Crippen LogP contribution in [0.4, 0.5) is 0 Å². The van der Waals surface area contributed by atoms with Crippen LogP contribution in [0.3, 0.4) is 0 Å². The zero-order chi connectivity index (χ0) is 13.2. The molecule has 2 aromatic carbocycles. The van der Waals surface area contributed by atoms with Crippen LogP contribution in [0, 0.1) is 0 Å². The Bertz CT molecular complexity index is 721. The van der Waals surface area contributed by atoms with Gasteiger partial charge >= 0.3 is 0 Å². The molecule has 0 bridgehead atoms. The summed E-state index contributed by atoms with van der Waals surface area (Å²) in [5, 5.41) is 11.1. The van der Waals surface area contributed by atoms with Crippen molar-refractivity contribution in [3.8, 4) is 11.5 Å². The van der Waals surface area contributed by atoms with E-state index in [1.165, 1.54) is 0 Å². The van der Waals surface area contributed by atoms with Crippen molar-refractivity contribution in [1.29, 1.82) is 0 Å². The summed E-state index contributed by atoms with van der Waals surface area (Å²) in [6.07, 6.45) is 0. The predicted octanol–water partition coefficient (Wildman–Crippen LogP) is 4.11. The van der Waals surface area contributed by atoms with Crippen LogP contribution in [0.2, 0.25) is 5.02 Å². The van der Waals surface area contributed by atoms with Gasteiger partial charge in [-0.25, -0.2) is 0 Å². The van der Waals surface area contributed by atoms with Gasteiger partial charge in [-0.1, -0.05) is 17.7 Å². The van der Waals surface area contributed by atoms with Crippen LogP contribution in [0.5, 0.6) is 11.5 Å². The Kier molecular flexibility index (Phi) is 3.05. The third kappa shape index (κ3) is 2.66. The summed E-state index contributed by atoms with van der Waals surface area (Å²) in [6.45, 7) is 0.426. The molecule has 2 N–H and O–H groups in total. The number of fused-ring (bicyclic) bond motifs is 1. The van der Waals surface area contributed by atoms with Gasteiger partial charge in [-0.3, -0.25) is 0 Å². The van der Waals surface area contributed by atoms with E-state index in [9.17, 15) is 5.11 Å². The molecular weight excluding hydrogens is 262 g/mol. The van der Waals surface area contributed by atoms with Crippen LogP contribution in [0.25, 0.3) is 10.9 Å². The average molecular weight is 274 g/mol. The highest BCUT2D eigenvalue weighted by Gasteiger charge is 2.03. The molecule has 0 spiro atoms. The zero-order valence-corrected chi connectivity index (χ0v) is 10.8. The van der Waals surface area contributed by atoms with Gasteiger partial charge in [-0.15, -0.1) is 0 Å². The van der Waals surface area contributed by atoms with Crippen LogP contribution in [0.15, 0.2) is 48.5 Å². The van der Waals surface area contributed by atoms with Crippen molar-refractivity contribution in [3.05, 3.63) is 59.2 Å². The van der Waals surface area contributed by atoms with Crippen molar-refractivity contribution in [1.82, 2.24) is 4.98 Å². The third-order valence-corrected chi connectivity index (χ3v) is 3.09. The summed E-state index contributed by atoms with van der Waals surface area (Å²) in [4.78, 5) is 3.20. The number of phenolic OH excluding ortho intramolecular Hbond substituents is 1. The van der Waals surface area contributed by atoms with Crippen LogP contribution in [0.1, 0.15) is 5.69 Å². The lowest BCUT2D eigenvalue weighted by Crippen LogP contribution is -1.95. The number of nitrogens with one attached hydrogen (secondary N) is 1. The highest BCUT2D eigenvalue weighted by atomic mass is 35.5. The Hall–Kier alpha value is -2.13. The fourth-order valence-electron chi connectivity index (χ4n) is 1.97. The molecule has 4 heteroatoms. The Morgan fingerprint density at radius 2 is 2.00 bits per heavy atom. The minimum atomic E-state index is 0.247. The van der Waals surface area contributed by atoms with Crippen molar-refractivity contribution in [3.63, 3.8) is 0 Å². The molecule has 3 rings (SSSR count). The maximum Gasteiger partial charge on any atom is 0.128 e. The molecule has 0 fully saturated rings. The van der Waals surface area contributed by atoms with Crippen molar-refractivity contribution >= 4 is 22.5 Å². The molecule has 0 saturated heterocycles. The van der Waals surface area contributed by atoms with Crippen molar-refractivity contribution < 1.29 is 9.84 Å². The second-order valence-corrected chi connectivity index (χ2v) is 4.75. The largest absolute Gasteiger partial charge is 0.508 e. The van der Waals surface area contributed by atoms with E-state index in [0.717, 1.165) is 22.3 Å². The molecule has 3 aromatic rings. The quantitative estimate of drug-likeness (QED) is 0.754. The Labute approximate surface area is 115 Å². The molecule has 0 aliphatic heterocycles. The number of rotatable bonds is 3. The van der Waals surface area contributed by atoms with Gasteiger partial charge in [-0.2, -0.15) is 0 Å². The standard InChI is InChI=1S/C15H12ClNO2/c16-11-2-1-3-14(7-11)19-9-12-6-10-4-5-13(18)8-15(10)17-12/h1-8,17-18H,9H2. The number of hydrogen-bond donors (Lipinski definition) is 2. The summed E-state index contributed by atoms with van der Waals surface area (Å²) in [5.74, 6) is 0.977. The molecule has 0 atom stereocenters. The fourth-order valence-corrected chi connectivity index (χ4v) is 2.15. The first-order chi connectivity index (χ1) is 9.20. The monoisotopic (exact) mass is 273 g/mol. The normalized spacial score (nSPS) is 10.8. The number of benzene rings is 2. The maximum atomic E-state index is 9.41. The predicted molar refractivity (Wildman–Crippen MR) is 75.7 cm³/mol. The number of aromatic amines is 1. The van der Waals surface area contributed by atoms with Gasteiger partial charge in [-0.05, 0) is 36.4 Å². The smallest absolute Gasteiger partial charge is 0.128 e. The number of hydrogen-bond acceptors (Lipinski definition) is 2.